The molecule has 3 nitrogen and oxygen atoms in total. The lowest BCUT2D eigenvalue weighted by atomic mass is 10.2. The summed E-state index contributed by atoms with van der Waals surface area (Å²) in [7, 11) is 0. The van der Waals surface area contributed by atoms with Gasteiger partial charge in [0.15, 0.2) is 0 Å². The maximum absolute atomic E-state index is 5.94. The molecule has 1 aromatic carbocycles. The molecule has 3 rings (SSSR count). The number of anilines is 1. The number of rotatable bonds is 1. The Labute approximate surface area is 107 Å². The summed E-state index contributed by atoms with van der Waals surface area (Å²) in [5, 5.41) is 1.50. The van der Waals surface area contributed by atoms with Crippen LogP contribution in [0.15, 0.2) is 36.5 Å². The number of nitrogens with two attached hydrogens (primary N) is 1. The Hall–Kier alpha value is -1.65. The molecule has 0 aliphatic heterocycles. The molecule has 2 N–H and O–H groups in total. The first-order valence-corrected chi connectivity index (χ1v) is 6.20. The zero-order valence-electron chi connectivity index (χ0n) is 8.72. The Kier molecular flexibility index (Phi) is 2.46. The fourth-order valence-corrected chi connectivity index (χ4v) is 2.75. The summed E-state index contributed by atoms with van der Waals surface area (Å²) in [6.45, 7) is 0. The Morgan fingerprint density at radius 2 is 2.12 bits per heavy atom. The van der Waals surface area contributed by atoms with Crippen molar-refractivity contribution in [3.63, 3.8) is 0 Å². The van der Waals surface area contributed by atoms with Crippen LogP contribution in [-0.4, -0.2) is 9.97 Å². The van der Waals surface area contributed by atoms with Gasteiger partial charge in [-0.2, -0.15) is 0 Å². The van der Waals surface area contributed by atoms with Gasteiger partial charge in [0.25, 0.3) is 0 Å². The number of nitrogen functional groups attached to an aromatic ring is 1. The first kappa shape index (κ1) is 10.5. The Balaban J connectivity index is 2.20. The average molecular weight is 262 g/mol. The van der Waals surface area contributed by atoms with Gasteiger partial charge in [0.1, 0.15) is 15.4 Å². The average Bonchev–Trinajstić information content (AvgIpc) is 2.72. The van der Waals surface area contributed by atoms with Crippen molar-refractivity contribution >= 4 is 39.0 Å². The molecule has 0 aliphatic rings. The highest BCUT2D eigenvalue weighted by Crippen LogP contribution is 2.33. The number of benzene rings is 1. The van der Waals surface area contributed by atoms with Crippen LogP contribution in [0.5, 0.6) is 0 Å². The molecular weight excluding hydrogens is 254 g/mol. The number of pyridine rings is 1. The van der Waals surface area contributed by atoms with E-state index in [-0.39, 0.29) is 0 Å². The summed E-state index contributed by atoms with van der Waals surface area (Å²) in [5.41, 5.74) is 8.36. The highest BCUT2D eigenvalue weighted by atomic mass is 35.5. The van der Waals surface area contributed by atoms with Crippen LogP contribution >= 0.6 is 22.9 Å². The number of hydrogen-bond acceptors (Lipinski definition) is 4. The molecule has 0 saturated carbocycles. The Bertz CT molecular complexity index is 660. The van der Waals surface area contributed by atoms with Gasteiger partial charge in [-0.05, 0) is 30.3 Å². The zero-order valence-corrected chi connectivity index (χ0v) is 10.3. The van der Waals surface area contributed by atoms with Gasteiger partial charge >= 0.3 is 0 Å². The minimum absolute atomic E-state index is 0.630. The van der Waals surface area contributed by atoms with Gasteiger partial charge in [-0.15, -0.1) is 0 Å². The molecule has 0 atom stereocenters. The summed E-state index contributed by atoms with van der Waals surface area (Å²) in [6, 6.07) is 9.24. The molecule has 2 heterocycles. The third-order valence-electron chi connectivity index (χ3n) is 2.41. The second-order valence-corrected chi connectivity index (χ2v) is 4.99. The van der Waals surface area contributed by atoms with Gasteiger partial charge in [-0.25, -0.2) is 9.97 Å². The second kappa shape index (κ2) is 3.98. The minimum atomic E-state index is 0.630. The van der Waals surface area contributed by atoms with Crippen LogP contribution in [0.1, 0.15) is 0 Å². The molecule has 0 spiro atoms. The van der Waals surface area contributed by atoms with Crippen LogP contribution in [0.3, 0.4) is 0 Å². The summed E-state index contributed by atoms with van der Waals surface area (Å²) >= 11 is 7.40. The molecule has 0 unspecified atom stereocenters. The summed E-state index contributed by atoms with van der Waals surface area (Å²) < 4.78 is 0. The van der Waals surface area contributed by atoms with Gasteiger partial charge in [-0.1, -0.05) is 22.9 Å². The van der Waals surface area contributed by atoms with E-state index in [9.17, 15) is 0 Å². The third kappa shape index (κ3) is 1.85. The van der Waals surface area contributed by atoms with E-state index in [0.29, 0.717) is 10.7 Å². The van der Waals surface area contributed by atoms with Crippen molar-refractivity contribution in [3.05, 3.63) is 41.6 Å². The first-order valence-electron chi connectivity index (χ1n) is 5.01. The van der Waals surface area contributed by atoms with Crippen molar-refractivity contribution in [2.45, 2.75) is 0 Å². The van der Waals surface area contributed by atoms with Crippen LogP contribution in [0.4, 0.5) is 5.69 Å². The molecule has 5 heteroatoms. The standard InChI is InChI=1S/C12H8ClN3S/c13-7-3-4-8(9(14)6-7)11-16-10-2-1-5-15-12(10)17-11/h1-6H,14H2. The fraction of sp³-hybridized carbons (Fsp3) is 0. The molecule has 0 bridgehead atoms. The minimum Gasteiger partial charge on any atom is -0.398 e. The van der Waals surface area contributed by atoms with Gasteiger partial charge in [0.2, 0.25) is 0 Å². The van der Waals surface area contributed by atoms with Crippen LogP contribution in [0.25, 0.3) is 20.9 Å². The number of nitrogens with zero attached hydrogens (tertiary/aromatic N) is 2. The van der Waals surface area contributed by atoms with E-state index < -0.39 is 0 Å². The quantitative estimate of drug-likeness (QED) is 0.681. The van der Waals surface area contributed by atoms with Crippen molar-refractivity contribution in [1.82, 2.24) is 9.97 Å². The molecular formula is C12H8ClN3S. The number of thiazole rings is 1. The lowest BCUT2D eigenvalue weighted by molar-refractivity contribution is 1.41. The van der Waals surface area contributed by atoms with Crippen LogP contribution in [-0.2, 0) is 0 Å². The monoisotopic (exact) mass is 261 g/mol. The second-order valence-electron chi connectivity index (χ2n) is 3.58. The van der Waals surface area contributed by atoms with E-state index in [0.717, 1.165) is 20.9 Å². The largest absolute Gasteiger partial charge is 0.398 e. The van der Waals surface area contributed by atoms with Crippen molar-refractivity contribution in [2.24, 2.45) is 0 Å². The molecule has 84 valence electrons. The number of halogens is 1. The van der Waals surface area contributed by atoms with Crippen LogP contribution in [0.2, 0.25) is 5.02 Å². The topological polar surface area (TPSA) is 51.8 Å². The van der Waals surface area contributed by atoms with Crippen molar-refractivity contribution in [1.29, 1.82) is 0 Å². The lowest BCUT2D eigenvalue weighted by Crippen LogP contribution is -1.88. The van der Waals surface area contributed by atoms with Crippen molar-refractivity contribution in [2.75, 3.05) is 5.73 Å². The number of aromatic nitrogens is 2. The van der Waals surface area contributed by atoms with Crippen LogP contribution in [0, 0.1) is 0 Å². The molecule has 0 aliphatic carbocycles. The maximum atomic E-state index is 5.94. The van der Waals surface area contributed by atoms with E-state index in [4.69, 9.17) is 17.3 Å². The molecule has 2 aromatic heterocycles. The van der Waals surface area contributed by atoms with Gasteiger partial charge in [0, 0.05) is 22.5 Å². The Morgan fingerprint density at radius 3 is 2.88 bits per heavy atom. The van der Waals surface area contributed by atoms with E-state index in [1.54, 1.807) is 12.3 Å². The van der Waals surface area contributed by atoms with Crippen LogP contribution < -0.4 is 5.73 Å². The van der Waals surface area contributed by atoms with Gasteiger partial charge in [-0.3, -0.25) is 0 Å². The number of hydrogen-bond donors (Lipinski definition) is 1. The van der Waals surface area contributed by atoms with Gasteiger partial charge in [0.05, 0.1) is 0 Å². The van der Waals surface area contributed by atoms with E-state index in [1.165, 1.54) is 11.3 Å². The molecule has 3 aromatic rings. The summed E-state index contributed by atoms with van der Waals surface area (Å²) in [5.74, 6) is 0. The summed E-state index contributed by atoms with van der Waals surface area (Å²) in [6.07, 6.45) is 1.76. The Morgan fingerprint density at radius 1 is 1.24 bits per heavy atom. The molecule has 0 fully saturated rings. The SMILES string of the molecule is Nc1cc(Cl)ccc1-c1nc2cccnc2s1. The molecule has 0 amide bonds. The molecule has 0 saturated heterocycles. The normalized spacial score (nSPS) is 10.9. The maximum Gasteiger partial charge on any atom is 0.143 e. The number of fused-ring (bicyclic) bond motifs is 1. The van der Waals surface area contributed by atoms with Crippen molar-refractivity contribution < 1.29 is 0 Å². The van der Waals surface area contributed by atoms with E-state index >= 15 is 0 Å². The van der Waals surface area contributed by atoms with Gasteiger partial charge < -0.3 is 5.73 Å². The summed E-state index contributed by atoms with van der Waals surface area (Å²) in [4.78, 5) is 9.68. The van der Waals surface area contributed by atoms with E-state index in [2.05, 4.69) is 9.97 Å². The highest BCUT2D eigenvalue weighted by molar-refractivity contribution is 7.21. The molecule has 17 heavy (non-hydrogen) atoms. The zero-order chi connectivity index (χ0) is 11.8. The third-order valence-corrected chi connectivity index (χ3v) is 3.66. The first-order chi connectivity index (χ1) is 8.24. The van der Waals surface area contributed by atoms with Crippen molar-refractivity contribution in [3.8, 4) is 10.6 Å². The smallest absolute Gasteiger partial charge is 0.143 e. The lowest BCUT2D eigenvalue weighted by Gasteiger charge is -2.01. The van der Waals surface area contributed by atoms with E-state index in [1.807, 2.05) is 24.3 Å². The fourth-order valence-electron chi connectivity index (χ4n) is 1.61. The highest BCUT2D eigenvalue weighted by Gasteiger charge is 2.09. The predicted octanol–water partition coefficient (Wildman–Crippen LogP) is 3.59. The predicted molar refractivity (Wildman–Crippen MR) is 72.3 cm³/mol. The molecule has 0 radical (unpaired) electrons.